The number of unbranched alkanes of at least 4 members (excludes halogenated alkanes) is 5. The van der Waals surface area contributed by atoms with Crippen molar-refractivity contribution < 1.29 is 33.7 Å². The topological polar surface area (TPSA) is 175 Å². The molecule has 56 heavy (non-hydrogen) atoms. The maximum absolute atomic E-state index is 13.6. The fourth-order valence-corrected chi connectivity index (χ4v) is 7.65. The fourth-order valence-electron chi connectivity index (χ4n) is 7.65. The number of aliphatic hydroxyl groups is 1. The Balaban J connectivity index is 1.24. The van der Waals surface area contributed by atoms with Gasteiger partial charge >= 0.3 is 0 Å². The van der Waals surface area contributed by atoms with E-state index >= 15 is 0 Å². The molecule has 1 saturated carbocycles. The van der Waals surface area contributed by atoms with E-state index in [0.29, 0.717) is 51.7 Å². The second kappa shape index (κ2) is 23.7. The van der Waals surface area contributed by atoms with Gasteiger partial charge in [0.05, 0.1) is 33.0 Å². The van der Waals surface area contributed by atoms with E-state index in [2.05, 4.69) is 22.8 Å². The van der Waals surface area contributed by atoms with E-state index in [-0.39, 0.29) is 36.0 Å². The quantitative estimate of drug-likeness (QED) is 0.0501. The molecule has 11 nitrogen and oxygen atoms in total. The summed E-state index contributed by atoms with van der Waals surface area (Å²) in [6.45, 7) is 2.01. The summed E-state index contributed by atoms with van der Waals surface area (Å²) in [5, 5.41) is 16.6. The van der Waals surface area contributed by atoms with E-state index in [0.717, 1.165) is 79.6 Å². The SMILES string of the molecule is COc1ccc(C(OC[C@@H]2C[C@@H](O)CC2C(=O)CCCCCNC(=O)CCCCCNC(=O)[C@@H](N)CCCCN)(c2ccccc2)c2ccc(OC)cc2)cc1. The first kappa shape index (κ1) is 44.4. The van der Waals surface area contributed by atoms with Gasteiger partial charge in [-0.1, -0.05) is 73.9 Å². The normalized spacial score (nSPS) is 17.3. The molecule has 306 valence electrons. The summed E-state index contributed by atoms with van der Waals surface area (Å²) in [4.78, 5) is 38.0. The highest BCUT2D eigenvalue weighted by Gasteiger charge is 2.42. The molecule has 3 aromatic carbocycles. The predicted octanol–water partition coefficient (Wildman–Crippen LogP) is 5.78. The number of ketones is 1. The van der Waals surface area contributed by atoms with E-state index in [1.54, 1.807) is 14.2 Å². The molecule has 7 N–H and O–H groups in total. The van der Waals surface area contributed by atoms with Gasteiger partial charge in [0.1, 0.15) is 22.9 Å². The van der Waals surface area contributed by atoms with Gasteiger partial charge < -0.3 is 41.4 Å². The zero-order valence-corrected chi connectivity index (χ0v) is 33.4. The molecule has 0 saturated heterocycles. The zero-order chi connectivity index (χ0) is 40.2. The van der Waals surface area contributed by atoms with Gasteiger partial charge in [0.25, 0.3) is 0 Å². The Morgan fingerprint density at radius 3 is 1.89 bits per heavy atom. The Morgan fingerprint density at radius 2 is 1.30 bits per heavy atom. The van der Waals surface area contributed by atoms with Crippen LogP contribution in [0.5, 0.6) is 11.5 Å². The number of ether oxygens (including phenoxy) is 3. The second-order valence-electron chi connectivity index (χ2n) is 14.9. The molecule has 0 aliphatic heterocycles. The molecule has 0 bridgehead atoms. The predicted molar refractivity (Wildman–Crippen MR) is 219 cm³/mol. The van der Waals surface area contributed by atoms with Crippen LogP contribution in [-0.4, -0.2) is 75.3 Å². The van der Waals surface area contributed by atoms with Crippen LogP contribution in [0.25, 0.3) is 0 Å². The van der Waals surface area contributed by atoms with E-state index in [4.69, 9.17) is 25.7 Å². The molecule has 4 atom stereocenters. The number of methoxy groups -OCH3 is 2. The van der Waals surface area contributed by atoms with Gasteiger partial charge in [-0.2, -0.15) is 0 Å². The zero-order valence-electron chi connectivity index (χ0n) is 33.4. The molecule has 4 rings (SSSR count). The summed E-state index contributed by atoms with van der Waals surface area (Å²) in [6.07, 6.45) is 8.32. The Kier molecular flexibility index (Phi) is 18.8. The third-order valence-corrected chi connectivity index (χ3v) is 10.9. The third-order valence-electron chi connectivity index (χ3n) is 10.9. The molecule has 11 heteroatoms. The van der Waals surface area contributed by atoms with Gasteiger partial charge in [0.15, 0.2) is 0 Å². The highest BCUT2D eigenvalue weighted by molar-refractivity contribution is 5.82. The molecule has 1 aliphatic rings. The Bertz CT molecular complexity index is 1560. The van der Waals surface area contributed by atoms with Crippen LogP contribution < -0.4 is 31.6 Å². The Hall–Kier alpha value is -4.29. The standard InChI is InChI=1S/C45H64N4O7/c1-54-38-23-19-35(20-24-38)45(34-14-6-3-7-15-34,36-21-25-39(55-2)26-22-36)56-32-33-30-37(50)31-40(33)42(51)17-8-4-12-28-48-43(52)18-9-5-13-29-49-44(53)41(47)16-10-11-27-46/h3,6-7,14-15,19-26,33,37,40-41,50H,4-5,8-13,16-18,27-32,46-47H2,1-2H3,(H,48,52)(H,49,53)/t33-,37+,40?,41-/m0/s1. The van der Waals surface area contributed by atoms with Crippen LogP contribution in [-0.2, 0) is 24.7 Å². The lowest BCUT2D eigenvalue weighted by Crippen LogP contribution is -2.40. The molecular weight excluding hydrogens is 709 g/mol. The summed E-state index contributed by atoms with van der Waals surface area (Å²) in [5.41, 5.74) is 13.2. The van der Waals surface area contributed by atoms with Crippen molar-refractivity contribution in [3.8, 4) is 11.5 Å². The van der Waals surface area contributed by atoms with Crippen LogP contribution in [0.15, 0.2) is 78.9 Å². The van der Waals surface area contributed by atoms with Crippen molar-refractivity contribution in [3.63, 3.8) is 0 Å². The van der Waals surface area contributed by atoms with Crippen molar-refractivity contribution in [1.29, 1.82) is 0 Å². The maximum atomic E-state index is 13.6. The average Bonchev–Trinajstić information content (AvgIpc) is 3.61. The molecule has 0 radical (unpaired) electrons. The Morgan fingerprint density at radius 1 is 0.732 bits per heavy atom. The fraction of sp³-hybridized carbons (Fsp3) is 0.533. The third kappa shape index (κ3) is 13.1. The van der Waals surface area contributed by atoms with Crippen LogP contribution in [0, 0.1) is 11.8 Å². The second-order valence-corrected chi connectivity index (χ2v) is 14.9. The maximum Gasteiger partial charge on any atom is 0.236 e. The average molecular weight is 773 g/mol. The van der Waals surface area contributed by atoms with E-state index in [9.17, 15) is 19.5 Å². The van der Waals surface area contributed by atoms with Crippen molar-refractivity contribution in [1.82, 2.24) is 10.6 Å². The Labute approximate surface area is 333 Å². The summed E-state index contributed by atoms with van der Waals surface area (Å²) in [6, 6.07) is 25.3. The van der Waals surface area contributed by atoms with Crippen LogP contribution in [0.3, 0.4) is 0 Å². The van der Waals surface area contributed by atoms with Gasteiger partial charge in [-0.05, 0) is 105 Å². The monoisotopic (exact) mass is 772 g/mol. The number of nitrogens with one attached hydrogen (secondary N) is 2. The van der Waals surface area contributed by atoms with Gasteiger partial charge in [-0.15, -0.1) is 0 Å². The number of hydrogen-bond donors (Lipinski definition) is 5. The van der Waals surface area contributed by atoms with Crippen LogP contribution in [0.4, 0.5) is 0 Å². The highest BCUT2D eigenvalue weighted by atomic mass is 16.5. The van der Waals surface area contributed by atoms with E-state index in [1.807, 2.05) is 66.7 Å². The lowest BCUT2D eigenvalue weighted by atomic mass is 9.79. The number of nitrogens with two attached hydrogens (primary N) is 2. The number of benzene rings is 3. The molecular formula is C45H64N4O7. The minimum atomic E-state index is -0.998. The lowest BCUT2D eigenvalue weighted by molar-refractivity contribution is -0.126. The van der Waals surface area contributed by atoms with Crippen LogP contribution in [0.1, 0.15) is 100 Å². The smallest absolute Gasteiger partial charge is 0.236 e. The number of carbonyl (C=O) groups excluding carboxylic acids is 3. The first-order chi connectivity index (χ1) is 27.2. The molecule has 0 heterocycles. The van der Waals surface area contributed by atoms with E-state index in [1.165, 1.54) is 0 Å². The molecule has 1 aliphatic carbocycles. The summed E-state index contributed by atoms with van der Waals surface area (Å²) < 4.78 is 18.0. The van der Waals surface area contributed by atoms with Crippen molar-refractivity contribution in [2.75, 3.05) is 40.5 Å². The number of aliphatic hydroxyl groups excluding tert-OH is 1. The van der Waals surface area contributed by atoms with Gasteiger partial charge in [0, 0.05) is 31.8 Å². The van der Waals surface area contributed by atoms with Gasteiger partial charge in [-0.25, -0.2) is 0 Å². The summed E-state index contributed by atoms with van der Waals surface area (Å²) >= 11 is 0. The first-order valence-electron chi connectivity index (χ1n) is 20.4. The number of rotatable bonds is 26. The summed E-state index contributed by atoms with van der Waals surface area (Å²) in [7, 11) is 3.28. The van der Waals surface area contributed by atoms with Crippen molar-refractivity contribution in [2.45, 2.75) is 101 Å². The van der Waals surface area contributed by atoms with Gasteiger partial charge in [0.2, 0.25) is 11.8 Å². The molecule has 0 spiro atoms. The van der Waals surface area contributed by atoms with Gasteiger partial charge in [-0.3, -0.25) is 14.4 Å². The number of amides is 2. The van der Waals surface area contributed by atoms with Crippen molar-refractivity contribution >= 4 is 17.6 Å². The van der Waals surface area contributed by atoms with Crippen LogP contribution >= 0.6 is 0 Å². The molecule has 3 aromatic rings. The molecule has 1 unspecified atom stereocenters. The molecule has 1 fully saturated rings. The van der Waals surface area contributed by atoms with Crippen molar-refractivity contribution in [2.24, 2.45) is 23.3 Å². The largest absolute Gasteiger partial charge is 0.497 e. The highest BCUT2D eigenvalue weighted by Crippen LogP contribution is 2.44. The first-order valence-corrected chi connectivity index (χ1v) is 20.4. The number of carbonyl (C=O) groups is 3. The number of Topliss-reactive ketones (excluding diaryl/α,β-unsaturated/α-hetero) is 1. The summed E-state index contributed by atoms with van der Waals surface area (Å²) in [5.74, 6) is 1.08. The minimum absolute atomic E-state index is 0.0191. The van der Waals surface area contributed by atoms with Crippen molar-refractivity contribution in [3.05, 3.63) is 95.6 Å². The van der Waals surface area contributed by atoms with Crippen LogP contribution in [0.2, 0.25) is 0 Å². The number of hydrogen-bond acceptors (Lipinski definition) is 9. The lowest BCUT2D eigenvalue weighted by Gasteiger charge is -2.37. The minimum Gasteiger partial charge on any atom is -0.497 e. The molecule has 0 aromatic heterocycles. The molecule has 2 amide bonds. The van der Waals surface area contributed by atoms with E-state index < -0.39 is 17.7 Å².